The summed E-state index contributed by atoms with van der Waals surface area (Å²) in [5.74, 6) is -0.699. The van der Waals surface area contributed by atoms with Crippen molar-refractivity contribution in [3.8, 4) is 22.9 Å². The first-order valence-corrected chi connectivity index (χ1v) is 9.02. The molecule has 4 rings (SSSR count). The van der Waals surface area contributed by atoms with Crippen molar-refractivity contribution in [2.45, 2.75) is 12.2 Å². The number of rotatable bonds is 6. The fourth-order valence-corrected chi connectivity index (χ4v) is 2.92. The third kappa shape index (κ3) is 4.45. The monoisotopic (exact) mass is 425 g/mol. The van der Waals surface area contributed by atoms with Crippen molar-refractivity contribution in [1.29, 1.82) is 0 Å². The lowest BCUT2D eigenvalue weighted by molar-refractivity contribution is -0.138. The number of nitrogens with zero attached hydrogens (tertiary/aromatic N) is 3. The average Bonchev–Trinajstić information content (AvgIpc) is 3.58. The second-order valence-corrected chi connectivity index (χ2v) is 6.63. The van der Waals surface area contributed by atoms with Crippen molar-refractivity contribution >= 4 is 18.3 Å². The van der Waals surface area contributed by atoms with E-state index in [4.69, 9.17) is 4.74 Å². The molecule has 0 aliphatic carbocycles. The number of ether oxygens (including phenoxy) is 1. The number of carboxylic acids is 1. The maximum absolute atomic E-state index is 13.4. The number of alkyl halides is 3. The minimum Gasteiger partial charge on any atom is -0.477 e. The number of aromatic nitrogens is 2. The lowest BCUT2D eigenvalue weighted by Crippen LogP contribution is -2.09. The summed E-state index contributed by atoms with van der Waals surface area (Å²) in [6.07, 6.45) is -1.67. The van der Waals surface area contributed by atoms with Crippen molar-refractivity contribution in [1.82, 2.24) is 9.97 Å². The third-order valence-corrected chi connectivity index (χ3v) is 4.47. The molecule has 1 unspecified atom stereocenters. The molecule has 6 nitrogen and oxygen atoms in total. The number of hydrogen-bond acceptors (Lipinski definition) is 5. The number of aliphatic imine (C=N–C) groups is 1. The van der Waals surface area contributed by atoms with Gasteiger partial charge in [0.1, 0.15) is 17.5 Å². The van der Waals surface area contributed by atoms with Gasteiger partial charge in [-0.25, -0.2) is 14.8 Å². The van der Waals surface area contributed by atoms with E-state index in [9.17, 15) is 23.1 Å². The summed E-state index contributed by atoms with van der Waals surface area (Å²) in [5, 5.41) is 9.19. The van der Waals surface area contributed by atoms with E-state index < -0.39 is 23.8 Å². The first-order valence-electron chi connectivity index (χ1n) is 9.02. The minimum atomic E-state index is -4.53. The molecule has 0 spiro atoms. The van der Waals surface area contributed by atoms with Gasteiger partial charge in [-0.05, 0) is 54.1 Å². The molecule has 1 aliphatic heterocycles. The van der Waals surface area contributed by atoms with Crippen LogP contribution in [0.15, 0.2) is 60.1 Å². The molecule has 1 N–H and O–H groups in total. The highest BCUT2D eigenvalue weighted by atomic mass is 19.4. The highest BCUT2D eigenvalue weighted by Crippen LogP contribution is 2.40. The predicted molar refractivity (Wildman–Crippen MR) is 107 cm³/mol. The maximum Gasteiger partial charge on any atom is 0.416 e. The lowest BCUT2D eigenvalue weighted by Gasteiger charge is -2.14. The van der Waals surface area contributed by atoms with E-state index in [0.717, 1.165) is 6.07 Å². The van der Waals surface area contributed by atoms with Crippen LogP contribution in [0, 0.1) is 0 Å². The summed E-state index contributed by atoms with van der Waals surface area (Å²) in [4.78, 5) is 23.3. The van der Waals surface area contributed by atoms with Crippen molar-refractivity contribution in [2.75, 3.05) is 0 Å². The molecule has 2 heterocycles. The van der Waals surface area contributed by atoms with Gasteiger partial charge in [0, 0.05) is 11.8 Å². The maximum atomic E-state index is 13.4. The Morgan fingerprint density at radius 1 is 1.06 bits per heavy atom. The molecule has 9 heteroatoms. The summed E-state index contributed by atoms with van der Waals surface area (Å²) >= 11 is 0. The van der Waals surface area contributed by atoms with Crippen LogP contribution in [0.2, 0.25) is 0 Å². The number of halogens is 3. The molecule has 0 saturated carbocycles. The summed E-state index contributed by atoms with van der Waals surface area (Å²) in [7, 11) is 0. The fraction of sp³-hybridized carbons (Fsp3) is 0.0909. The average molecular weight is 425 g/mol. The van der Waals surface area contributed by atoms with Gasteiger partial charge in [-0.3, -0.25) is 4.99 Å². The number of benzene rings is 2. The SMILES string of the molecule is C=Cc1cc(C(=O)O)nc(-c2ccc(Oc3ccc(C4C=N4)c(C(F)(F)F)c3)cc2)n1. The van der Waals surface area contributed by atoms with Crippen molar-refractivity contribution in [3.63, 3.8) is 0 Å². The molecule has 1 aromatic heterocycles. The number of hydrogen-bond donors (Lipinski definition) is 1. The molecule has 0 bridgehead atoms. The van der Waals surface area contributed by atoms with Crippen molar-refractivity contribution < 1.29 is 27.8 Å². The Balaban J connectivity index is 1.59. The molecule has 1 aliphatic rings. The molecule has 156 valence electrons. The van der Waals surface area contributed by atoms with Gasteiger partial charge >= 0.3 is 12.1 Å². The van der Waals surface area contributed by atoms with Crippen molar-refractivity contribution in [3.05, 3.63) is 77.6 Å². The zero-order chi connectivity index (χ0) is 22.2. The van der Waals surface area contributed by atoms with Crippen LogP contribution in [0.3, 0.4) is 0 Å². The van der Waals surface area contributed by atoms with Gasteiger partial charge in [-0.1, -0.05) is 12.6 Å². The van der Waals surface area contributed by atoms with Crippen LogP contribution in [0.1, 0.15) is 33.4 Å². The minimum absolute atomic E-state index is 0.0301. The van der Waals surface area contributed by atoms with Crippen molar-refractivity contribution in [2.24, 2.45) is 4.99 Å². The lowest BCUT2D eigenvalue weighted by atomic mass is 10.0. The molecular formula is C22H14F3N3O3. The topological polar surface area (TPSA) is 84.7 Å². The Bertz CT molecular complexity index is 1200. The van der Waals surface area contributed by atoms with Crippen LogP contribution in [0.5, 0.6) is 11.5 Å². The summed E-state index contributed by atoms with van der Waals surface area (Å²) in [6.45, 7) is 3.58. The normalized spacial score (nSPS) is 14.9. The second-order valence-electron chi connectivity index (χ2n) is 6.63. The van der Waals surface area contributed by atoms with Crippen LogP contribution in [-0.4, -0.2) is 27.3 Å². The van der Waals surface area contributed by atoms with Gasteiger partial charge in [0.05, 0.1) is 11.3 Å². The molecule has 1 atom stereocenters. The molecular weight excluding hydrogens is 411 g/mol. The Labute approximate surface area is 174 Å². The van der Waals surface area contributed by atoms with E-state index in [1.807, 2.05) is 0 Å². The predicted octanol–water partition coefficient (Wildman–Crippen LogP) is 5.42. The first kappa shape index (κ1) is 20.3. The molecule has 0 radical (unpaired) electrons. The Hall–Kier alpha value is -4.01. The van der Waals surface area contributed by atoms with E-state index in [-0.39, 0.29) is 22.8 Å². The Morgan fingerprint density at radius 3 is 2.32 bits per heavy atom. The van der Waals surface area contributed by atoms with Gasteiger partial charge in [-0.15, -0.1) is 0 Å². The van der Waals surface area contributed by atoms with E-state index in [2.05, 4.69) is 21.5 Å². The van der Waals surface area contributed by atoms with Gasteiger partial charge < -0.3 is 9.84 Å². The van der Waals surface area contributed by atoms with E-state index in [0.29, 0.717) is 17.0 Å². The van der Waals surface area contributed by atoms with Gasteiger partial charge in [0.25, 0.3) is 0 Å². The molecule has 0 saturated heterocycles. The largest absolute Gasteiger partial charge is 0.477 e. The molecule has 2 aromatic carbocycles. The Morgan fingerprint density at radius 2 is 1.74 bits per heavy atom. The molecule has 31 heavy (non-hydrogen) atoms. The standard InChI is InChI=1S/C22H14F3N3O3/c1-2-13-9-18(21(29)30)28-20(27-13)12-3-5-14(6-4-12)31-15-7-8-16(19-11-26-19)17(10-15)22(23,24)25/h2-11,19H,1H2,(H,29,30). The van der Waals surface area contributed by atoms with Crippen LogP contribution in [0.4, 0.5) is 13.2 Å². The zero-order valence-corrected chi connectivity index (χ0v) is 15.8. The summed E-state index contributed by atoms with van der Waals surface area (Å²) in [5.41, 5.74) is -0.0267. The van der Waals surface area contributed by atoms with Crippen LogP contribution in [0.25, 0.3) is 17.5 Å². The van der Waals surface area contributed by atoms with Crippen LogP contribution >= 0.6 is 0 Å². The second kappa shape index (κ2) is 7.67. The number of carbonyl (C=O) groups is 1. The smallest absolute Gasteiger partial charge is 0.416 e. The zero-order valence-electron chi connectivity index (χ0n) is 15.8. The van der Waals surface area contributed by atoms with Crippen LogP contribution < -0.4 is 4.74 Å². The molecule has 0 fully saturated rings. The number of aromatic carboxylic acids is 1. The Kier molecular flexibility index (Phi) is 5.02. The summed E-state index contributed by atoms with van der Waals surface area (Å²) in [6, 6.07) is 10.7. The molecule has 3 aromatic rings. The highest BCUT2D eigenvalue weighted by Gasteiger charge is 2.37. The first-order chi connectivity index (χ1) is 14.7. The molecule has 0 amide bonds. The van der Waals surface area contributed by atoms with Gasteiger partial charge in [-0.2, -0.15) is 13.2 Å². The van der Waals surface area contributed by atoms with Gasteiger partial charge in [0.2, 0.25) is 0 Å². The third-order valence-electron chi connectivity index (χ3n) is 4.47. The van der Waals surface area contributed by atoms with E-state index in [1.165, 1.54) is 42.6 Å². The van der Waals surface area contributed by atoms with E-state index in [1.54, 1.807) is 12.1 Å². The summed E-state index contributed by atoms with van der Waals surface area (Å²) < 4.78 is 45.7. The quantitative estimate of drug-likeness (QED) is 0.570. The fourth-order valence-electron chi connectivity index (χ4n) is 2.92. The van der Waals surface area contributed by atoms with Gasteiger partial charge in [0.15, 0.2) is 11.5 Å². The van der Waals surface area contributed by atoms with E-state index >= 15 is 0 Å². The number of carboxylic acid groups (broad SMARTS) is 1. The van der Waals surface area contributed by atoms with Crippen LogP contribution in [-0.2, 0) is 6.18 Å². The highest BCUT2D eigenvalue weighted by molar-refractivity contribution is 5.86.